The highest BCUT2D eigenvalue weighted by molar-refractivity contribution is 5.94. The summed E-state index contributed by atoms with van der Waals surface area (Å²) in [4.78, 5) is 14.6. The number of carbonyl (C=O) groups is 1. The molecule has 130 valence electrons. The van der Waals surface area contributed by atoms with Gasteiger partial charge in [0.25, 0.3) is 5.91 Å². The molecule has 4 heteroatoms. The van der Waals surface area contributed by atoms with Crippen LogP contribution >= 0.6 is 0 Å². The molecule has 0 aliphatic carbocycles. The maximum atomic E-state index is 12.2. The highest BCUT2D eigenvalue weighted by atomic mass is 16.3. The zero-order valence-electron chi connectivity index (χ0n) is 14.3. The molecule has 0 saturated carbocycles. The van der Waals surface area contributed by atoms with Crippen molar-refractivity contribution in [2.24, 2.45) is 5.92 Å². The third-order valence-corrected chi connectivity index (χ3v) is 4.65. The number of nitrogens with one attached hydrogen (secondary N) is 1. The van der Waals surface area contributed by atoms with Gasteiger partial charge in [0, 0.05) is 25.2 Å². The number of aromatic hydroxyl groups is 1. The Hall–Kier alpha value is -2.59. The molecule has 2 aromatic rings. The van der Waals surface area contributed by atoms with Crippen molar-refractivity contribution in [3.05, 3.63) is 71.8 Å². The van der Waals surface area contributed by atoms with E-state index in [0.717, 1.165) is 37.2 Å². The van der Waals surface area contributed by atoms with Gasteiger partial charge in [-0.3, -0.25) is 9.69 Å². The number of carbonyl (C=O) groups excluding carboxylic acids is 1. The van der Waals surface area contributed by atoms with E-state index in [1.165, 1.54) is 0 Å². The van der Waals surface area contributed by atoms with Crippen molar-refractivity contribution in [1.82, 2.24) is 10.2 Å². The summed E-state index contributed by atoms with van der Waals surface area (Å²) in [6.07, 6.45) is 2.84. The zero-order chi connectivity index (χ0) is 17.6. The lowest BCUT2D eigenvalue weighted by Gasteiger charge is -2.16. The predicted octanol–water partition coefficient (Wildman–Crippen LogP) is 3.29. The lowest BCUT2D eigenvalue weighted by Crippen LogP contribution is -2.30. The van der Waals surface area contributed by atoms with Gasteiger partial charge in [-0.05, 0) is 54.3 Å². The van der Waals surface area contributed by atoms with E-state index in [4.69, 9.17) is 0 Å². The van der Waals surface area contributed by atoms with Crippen molar-refractivity contribution in [2.75, 3.05) is 19.6 Å². The quantitative estimate of drug-likeness (QED) is 0.851. The fourth-order valence-corrected chi connectivity index (χ4v) is 3.25. The Morgan fingerprint density at radius 2 is 2.08 bits per heavy atom. The Bertz CT molecular complexity index is 740. The van der Waals surface area contributed by atoms with Crippen molar-refractivity contribution in [1.29, 1.82) is 0 Å². The smallest absolute Gasteiger partial charge is 0.251 e. The monoisotopic (exact) mass is 336 g/mol. The van der Waals surface area contributed by atoms with Gasteiger partial charge in [-0.25, -0.2) is 0 Å². The SMILES string of the molecule is C=Cc1ccc(C(=O)NC[C@@H]2CCN(Cc3cccc(O)c3)C2)cc1. The van der Waals surface area contributed by atoms with Crippen LogP contribution in [0.15, 0.2) is 55.1 Å². The number of phenolic OH excluding ortho intramolecular Hbond substituents is 1. The van der Waals surface area contributed by atoms with Crippen LogP contribution in [-0.2, 0) is 6.54 Å². The molecule has 0 aromatic heterocycles. The third-order valence-electron chi connectivity index (χ3n) is 4.65. The number of benzene rings is 2. The maximum Gasteiger partial charge on any atom is 0.251 e. The van der Waals surface area contributed by atoms with E-state index < -0.39 is 0 Å². The summed E-state index contributed by atoms with van der Waals surface area (Å²) in [6, 6.07) is 14.8. The molecule has 0 unspecified atom stereocenters. The molecule has 1 amide bonds. The third kappa shape index (κ3) is 4.70. The lowest BCUT2D eigenvalue weighted by molar-refractivity contribution is 0.0947. The lowest BCUT2D eigenvalue weighted by atomic mass is 10.1. The second-order valence-electron chi connectivity index (χ2n) is 6.60. The van der Waals surface area contributed by atoms with Crippen LogP contribution in [-0.4, -0.2) is 35.5 Å². The van der Waals surface area contributed by atoms with Crippen LogP contribution in [0.3, 0.4) is 0 Å². The van der Waals surface area contributed by atoms with Crippen LogP contribution in [0.2, 0.25) is 0 Å². The molecule has 4 nitrogen and oxygen atoms in total. The molecule has 1 fully saturated rings. The van der Waals surface area contributed by atoms with Crippen LogP contribution in [0.4, 0.5) is 0 Å². The van der Waals surface area contributed by atoms with Crippen molar-refractivity contribution < 1.29 is 9.90 Å². The van der Waals surface area contributed by atoms with Crippen LogP contribution in [0, 0.1) is 5.92 Å². The first-order valence-electron chi connectivity index (χ1n) is 8.65. The van der Waals surface area contributed by atoms with Gasteiger partial charge in [0.2, 0.25) is 0 Å². The van der Waals surface area contributed by atoms with Gasteiger partial charge in [-0.1, -0.05) is 36.9 Å². The first-order valence-corrected chi connectivity index (χ1v) is 8.65. The second-order valence-corrected chi connectivity index (χ2v) is 6.60. The highest BCUT2D eigenvalue weighted by Gasteiger charge is 2.23. The van der Waals surface area contributed by atoms with Gasteiger partial charge < -0.3 is 10.4 Å². The van der Waals surface area contributed by atoms with E-state index >= 15 is 0 Å². The first-order chi connectivity index (χ1) is 12.1. The van der Waals surface area contributed by atoms with Crippen molar-refractivity contribution in [3.8, 4) is 5.75 Å². The summed E-state index contributed by atoms with van der Waals surface area (Å²) in [7, 11) is 0. The Kier molecular flexibility index (Phi) is 5.51. The topological polar surface area (TPSA) is 52.6 Å². The van der Waals surface area contributed by atoms with E-state index in [9.17, 15) is 9.90 Å². The number of phenols is 1. The molecule has 3 rings (SSSR count). The Balaban J connectivity index is 1.46. The molecule has 1 atom stereocenters. The Morgan fingerprint density at radius 1 is 1.28 bits per heavy atom. The molecule has 2 aromatic carbocycles. The van der Waals surface area contributed by atoms with E-state index in [0.29, 0.717) is 23.8 Å². The van der Waals surface area contributed by atoms with Gasteiger partial charge in [-0.2, -0.15) is 0 Å². The molecule has 2 N–H and O–H groups in total. The second kappa shape index (κ2) is 7.99. The minimum atomic E-state index is -0.0259. The number of rotatable bonds is 6. The van der Waals surface area contributed by atoms with E-state index in [2.05, 4.69) is 16.8 Å². The summed E-state index contributed by atoms with van der Waals surface area (Å²) >= 11 is 0. The Labute approximate surface area is 148 Å². The fourth-order valence-electron chi connectivity index (χ4n) is 3.25. The van der Waals surface area contributed by atoms with Gasteiger partial charge >= 0.3 is 0 Å². The summed E-state index contributed by atoms with van der Waals surface area (Å²) in [5.74, 6) is 0.749. The molecule has 1 saturated heterocycles. The van der Waals surface area contributed by atoms with Gasteiger partial charge in [0.15, 0.2) is 0 Å². The first kappa shape index (κ1) is 17.2. The number of hydrogen-bond donors (Lipinski definition) is 2. The van der Waals surface area contributed by atoms with Gasteiger partial charge in [0.1, 0.15) is 5.75 Å². The van der Waals surface area contributed by atoms with Crippen LogP contribution in [0.25, 0.3) is 6.08 Å². The molecule has 0 bridgehead atoms. The summed E-state index contributed by atoms with van der Waals surface area (Å²) < 4.78 is 0. The molecule has 1 heterocycles. The highest BCUT2D eigenvalue weighted by Crippen LogP contribution is 2.20. The van der Waals surface area contributed by atoms with Crippen LogP contribution < -0.4 is 5.32 Å². The number of amides is 1. The normalized spacial score (nSPS) is 17.4. The minimum Gasteiger partial charge on any atom is -0.508 e. The minimum absolute atomic E-state index is 0.0259. The number of nitrogens with zero attached hydrogens (tertiary/aromatic N) is 1. The molecular formula is C21H24N2O2. The van der Waals surface area contributed by atoms with E-state index in [-0.39, 0.29) is 5.91 Å². The van der Waals surface area contributed by atoms with Crippen molar-refractivity contribution >= 4 is 12.0 Å². The Morgan fingerprint density at radius 3 is 2.80 bits per heavy atom. The largest absolute Gasteiger partial charge is 0.508 e. The predicted molar refractivity (Wildman–Crippen MR) is 100 cm³/mol. The standard InChI is InChI=1S/C21H24N2O2/c1-2-16-6-8-19(9-7-16)21(25)22-13-18-10-11-23(15-18)14-17-4-3-5-20(24)12-17/h2-9,12,18,24H,1,10-11,13-15H2,(H,22,25)/t18-/m0/s1. The number of hydrogen-bond acceptors (Lipinski definition) is 3. The average molecular weight is 336 g/mol. The van der Waals surface area contributed by atoms with Crippen LogP contribution in [0.1, 0.15) is 27.9 Å². The van der Waals surface area contributed by atoms with Gasteiger partial charge in [0.05, 0.1) is 0 Å². The molecular weight excluding hydrogens is 312 g/mol. The summed E-state index contributed by atoms with van der Waals surface area (Å²) in [5.41, 5.74) is 2.81. The van der Waals surface area contributed by atoms with E-state index in [1.54, 1.807) is 12.1 Å². The van der Waals surface area contributed by atoms with Crippen molar-refractivity contribution in [3.63, 3.8) is 0 Å². The average Bonchev–Trinajstić information content (AvgIpc) is 3.07. The summed E-state index contributed by atoms with van der Waals surface area (Å²) in [5, 5.41) is 12.6. The molecule has 1 aliphatic rings. The van der Waals surface area contributed by atoms with Crippen LogP contribution in [0.5, 0.6) is 5.75 Å². The maximum absolute atomic E-state index is 12.2. The molecule has 0 spiro atoms. The van der Waals surface area contributed by atoms with E-state index in [1.807, 2.05) is 42.5 Å². The van der Waals surface area contributed by atoms with Gasteiger partial charge in [-0.15, -0.1) is 0 Å². The molecule has 1 aliphatic heterocycles. The van der Waals surface area contributed by atoms with Crippen molar-refractivity contribution in [2.45, 2.75) is 13.0 Å². The summed E-state index contributed by atoms with van der Waals surface area (Å²) in [6.45, 7) is 7.23. The number of likely N-dealkylation sites (tertiary alicyclic amines) is 1. The molecule has 25 heavy (non-hydrogen) atoms. The zero-order valence-corrected chi connectivity index (χ0v) is 14.3. The fraction of sp³-hybridized carbons (Fsp3) is 0.286. The molecule has 0 radical (unpaired) electrons.